The standard InChI is InChI=1S/C13H24N2O2/c1-10(13(16)17)15-6-5-12(9-15)8-14(2)7-11-3-4-11/h10-12H,3-9H2,1-2H3,(H,16,17). The van der Waals surface area contributed by atoms with Crippen LogP contribution in [0.4, 0.5) is 0 Å². The number of hydrogen-bond donors (Lipinski definition) is 1. The molecule has 0 bridgehead atoms. The van der Waals surface area contributed by atoms with Crippen molar-refractivity contribution >= 4 is 5.97 Å². The summed E-state index contributed by atoms with van der Waals surface area (Å²) in [5, 5.41) is 8.99. The van der Waals surface area contributed by atoms with Crippen molar-refractivity contribution in [2.24, 2.45) is 11.8 Å². The lowest BCUT2D eigenvalue weighted by Gasteiger charge is -2.23. The number of hydrogen-bond acceptors (Lipinski definition) is 3. The van der Waals surface area contributed by atoms with Gasteiger partial charge in [0.05, 0.1) is 0 Å². The quantitative estimate of drug-likeness (QED) is 0.755. The largest absolute Gasteiger partial charge is 0.480 e. The Morgan fingerprint density at radius 2 is 2.00 bits per heavy atom. The minimum atomic E-state index is -0.697. The van der Waals surface area contributed by atoms with E-state index in [2.05, 4.69) is 16.8 Å². The maximum atomic E-state index is 10.9. The zero-order valence-electron chi connectivity index (χ0n) is 10.9. The Kier molecular flexibility index (Phi) is 4.05. The van der Waals surface area contributed by atoms with Gasteiger partial charge in [-0.25, -0.2) is 0 Å². The molecule has 2 aliphatic rings. The number of nitrogens with zero attached hydrogens (tertiary/aromatic N) is 2. The first-order valence-electron chi connectivity index (χ1n) is 6.71. The second-order valence-corrected chi connectivity index (χ2v) is 5.83. The van der Waals surface area contributed by atoms with Crippen molar-refractivity contribution in [3.8, 4) is 0 Å². The van der Waals surface area contributed by atoms with Crippen molar-refractivity contribution in [2.45, 2.75) is 32.2 Å². The first-order chi connectivity index (χ1) is 8.06. The van der Waals surface area contributed by atoms with E-state index in [1.165, 1.54) is 19.4 Å². The van der Waals surface area contributed by atoms with Crippen molar-refractivity contribution in [1.29, 1.82) is 0 Å². The van der Waals surface area contributed by atoms with Crippen LogP contribution in [0, 0.1) is 11.8 Å². The summed E-state index contributed by atoms with van der Waals surface area (Å²) in [5.41, 5.74) is 0. The van der Waals surface area contributed by atoms with E-state index in [4.69, 9.17) is 5.11 Å². The Labute approximate surface area is 104 Å². The van der Waals surface area contributed by atoms with Crippen LogP contribution >= 0.6 is 0 Å². The molecular weight excluding hydrogens is 216 g/mol. The zero-order chi connectivity index (χ0) is 12.4. The lowest BCUT2D eigenvalue weighted by atomic mass is 10.1. The van der Waals surface area contributed by atoms with Crippen LogP contribution in [-0.4, -0.2) is 60.1 Å². The highest BCUT2D eigenvalue weighted by Gasteiger charge is 2.30. The Bertz CT molecular complexity index is 279. The predicted octanol–water partition coefficient (Wildman–Crippen LogP) is 1.12. The molecule has 0 aromatic rings. The van der Waals surface area contributed by atoms with Gasteiger partial charge in [0.15, 0.2) is 0 Å². The van der Waals surface area contributed by atoms with Gasteiger partial charge >= 0.3 is 5.97 Å². The van der Waals surface area contributed by atoms with Crippen molar-refractivity contribution in [3.05, 3.63) is 0 Å². The van der Waals surface area contributed by atoms with Gasteiger partial charge in [-0.1, -0.05) is 0 Å². The molecule has 0 spiro atoms. The first kappa shape index (κ1) is 12.8. The van der Waals surface area contributed by atoms with E-state index in [1.807, 2.05) is 0 Å². The van der Waals surface area contributed by atoms with E-state index in [0.717, 1.165) is 32.0 Å². The number of rotatable bonds is 6. The third kappa shape index (κ3) is 3.68. The molecule has 0 amide bonds. The molecule has 17 heavy (non-hydrogen) atoms. The molecule has 1 heterocycles. The summed E-state index contributed by atoms with van der Waals surface area (Å²) >= 11 is 0. The monoisotopic (exact) mass is 240 g/mol. The lowest BCUT2D eigenvalue weighted by molar-refractivity contribution is -0.142. The maximum absolute atomic E-state index is 10.9. The van der Waals surface area contributed by atoms with Crippen LogP contribution in [-0.2, 0) is 4.79 Å². The van der Waals surface area contributed by atoms with Crippen LogP contribution in [0.2, 0.25) is 0 Å². The molecule has 0 radical (unpaired) electrons. The average molecular weight is 240 g/mol. The molecule has 2 unspecified atom stereocenters. The number of carbonyl (C=O) groups is 1. The van der Waals surface area contributed by atoms with Gasteiger partial charge in [-0.05, 0) is 51.6 Å². The number of aliphatic carboxylic acids is 1. The number of carboxylic acids is 1. The van der Waals surface area contributed by atoms with Gasteiger partial charge < -0.3 is 10.0 Å². The summed E-state index contributed by atoms with van der Waals surface area (Å²) in [4.78, 5) is 15.4. The van der Waals surface area contributed by atoms with Gasteiger partial charge in [0.25, 0.3) is 0 Å². The van der Waals surface area contributed by atoms with E-state index in [1.54, 1.807) is 6.92 Å². The number of carboxylic acid groups (broad SMARTS) is 1. The summed E-state index contributed by atoms with van der Waals surface area (Å²) in [6, 6.07) is -0.325. The molecule has 2 rings (SSSR count). The second kappa shape index (κ2) is 5.36. The Balaban J connectivity index is 1.71. The lowest BCUT2D eigenvalue weighted by Crippen LogP contribution is -2.38. The van der Waals surface area contributed by atoms with Crippen LogP contribution in [0.15, 0.2) is 0 Å². The third-order valence-corrected chi connectivity index (χ3v) is 4.06. The summed E-state index contributed by atoms with van der Waals surface area (Å²) in [5.74, 6) is 0.896. The fourth-order valence-corrected chi connectivity index (χ4v) is 2.78. The summed E-state index contributed by atoms with van der Waals surface area (Å²) in [7, 11) is 2.20. The zero-order valence-corrected chi connectivity index (χ0v) is 10.9. The SMILES string of the molecule is CC(C(=O)O)N1CCC(CN(C)CC2CC2)C1. The molecule has 1 saturated heterocycles. The van der Waals surface area contributed by atoms with E-state index in [-0.39, 0.29) is 6.04 Å². The molecule has 0 aromatic heterocycles. The van der Waals surface area contributed by atoms with Crippen molar-refractivity contribution in [1.82, 2.24) is 9.80 Å². The van der Waals surface area contributed by atoms with Crippen LogP contribution in [0.5, 0.6) is 0 Å². The van der Waals surface area contributed by atoms with Gasteiger partial charge in [-0.3, -0.25) is 9.69 Å². The summed E-state index contributed by atoms with van der Waals surface area (Å²) in [6.07, 6.45) is 3.95. The fourth-order valence-electron chi connectivity index (χ4n) is 2.78. The van der Waals surface area contributed by atoms with Crippen molar-refractivity contribution in [2.75, 3.05) is 33.2 Å². The van der Waals surface area contributed by atoms with Crippen LogP contribution < -0.4 is 0 Å². The first-order valence-corrected chi connectivity index (χ1v) is 6.71. The molecule has 2 fully saturated rings. The molecule has 1 aliphatic carbocycles. The summed E-state index contributed by atoms with van der Waals surface area (Å²) < 4.78 is 0. The Morgan fingerprint density at radius 3 is 2.59 bits per heavy atom. The molecule has 4 nitrogen and oxygen atoms in total. The van der Waals surface area contributed by atoms with Gasteiger partial charge in [-0.2, -0.15) is 0 Å². The van der Waals surface area contributed by atoms with Crippen LogP contribution in [0.25, 0.3) is 0 Å². The second-order valence-electron chi connectivity index (χ2n) is 5.83. The molecule has 98 valence electrons. The highest BCUT2D eigenvalue weighted by Crippen LogP contribution is 2.30. The van der Waals surface area contributed by atoms with E-state index in [9.17, 15) is 4.79 Å². The van der Waals surface area contributed by atoms with Gasteiger partial charge in [-0.15, -0.1) is 0 Å². The maximum Gasteiger partial charge on any atom is 0.320 e. The van der Waals surface area contributed by atoms with E-state index < -0.39 is 5.97 Å². The third-order valence-electron chi connectivity index (χ3n) is 4.06. The Morgan fingerprint density at radius 1 is 1.35 bits per heavy atom. The van der Waals surface area contributed by atoms with Crippen LogP contribution in [0.3, 0.4) is 0 Å². The highest BCUT2D eigenvalue weighted by molar-refractivity contribution is 5.72. The predicted molar refractivity (Wildman–Crippen MR) is 67.0 cm³/mol. The molecule has 1 aliphatic heterocycles. The highest BCUT2D eigenvalue weighted by atomic mass is 16.4. The molecular formula is C13H24N2O2. The van der Waals surface area contributed by atoms with Gasteiger partial charge in [0.1, 0.15) is 6.04 Å². The minimum Gasteiger partial charge on any atom is -0.480 e. The smallest absolute Gasteiger partial charge is 0.320 e. The molecule has 1 N–H and O–H groups in total. The molecule has 4 heteroatoms. The topological polar surface area (TPSA) is 43.8 Å². The van der Waals surface area contributed by atoms with Crippen molar-refractivity contribution in [3.63, 3.8) is 0 Å². The fraction of sp³-hybridized carbons (Fsp3) is 0.923. The minimum absolute atomic E-state index is 0.325. The number of likely N-dealkylation sites (tertiary alicyclic amines) is 1. The van der Waals surface area contributed by atoms with E-state index >= 15 is 0 Å². The normalized spacial score (nSPS) is 27.6. The van der Waals surface area contributed by atoms with E-state index in [0.29, 0.717) is 5.92 Å². The van der Waals surface area contributed by atoms with Crippen LogP contribution in [0.1, 0.15) is 26.2 Å². The van der Waals surface area contributed by atoms with Gasteiger partial charge in [0.2, 0.25) is 0 Å². The molecule has 0 aromatic carbocycles. The average Bonchev–Trinajstić information content (AvgIpc) is 2.94. The molecule has 1 saturated carbocycles. The van der Waals surface area contributed by atoms with Gasteiger partial charge in [0, 0.05) is 19.6 Å². The summed E-state index contributed by atoms with van der Waals surface area (Å²) in [6.45, 7) is 6.03. The van der Waals surface area contributed by atoms with Crippen molar-refractivity contribution < 1.29 is 9.90 Å². The molecule has 2 atom stereocenters. The Hall–Kier alpha value is -0.610.